The molecule has 1 aliphatic rings. The molecule has 2 N–H and O–H groups in total. The van der Waals surface area contributed by atoms with E-state index in [-0.39, 0.29) is 30.2 Å². The van der Waals surface area contributed by atoms with Gasteiger partial charge in [0, 0.05) is 31.6 Å². The normalized spacial score (nSPS) is 13.6. The van der Waals surface area contributed by atoms with Crippen LogP contribution in [0.5, 0.6) is 5.75 Å². The summed E-state index contributed by atoms with van der Waals surface area (Å²) in [6, 6.07) is 4.77. The summed E-state index contributed by atoms with van der Waals surface area (Å²) in [4.78, 5) is 18.1. The highest BCUT2D eigenvalue weighted by atomic mass is 19.4. The van der Waals surface area contributed by atoms with Gasteiger partial charge in [-0.2, -0.15) is 0 Å². The number of pyridine rings is 1. The van der Waals surface area contributed by atoms with E-state index in [1.54, 1.807) is 6.08 Å². The number of anilines is 1. The molecule has 2 amide bonds. The van der Waals surface area contributed by atoms with Crippen LogP contribution in [0.1, 0.15) is 37.1 Å². The minimum atomic E-state index is -4.79. The van der Waals surface area contributed by atoms with Crippen LogP contribution >= 0.6 is 0 Å². The Hall–Kier alpha value is -3.14. The summed E-state index contributed by atoms with van der Waals surface area (Å²) < 4.78 is 55.3. The van der Waals surface area contributed by atoms with E-state index in [1.165, 1.54) is 36.2 Å². The number of benzene rings is 1. The molecule has 2 heterocycles. The Morgan fingerprint density at radius 2 is 2.00 bits per heavy atom. The lowest BCUT2D eigenvalue weighted by Gasteiger charge is -2.27. The zero-order chi connectivity index (χ0) is 24.6. The summed E-state index contributed by atoms with van der Waals surface area (Å²) in [5, 5.41) is 11.6. The standard InChI is InChI=1S/C21H21F4N3O3.C2H6/c1-13-10-16(2-3-18(13)31-21(23,24)25)27-20(30)28-7-4-15(5-8-28)19-17(22)11-14(6-9-29)12-26-19;1-2/h2-4,10-12,29H,5-9H2,1H3,(H,27,30);1-2H3. The fourth-order valence-corrected chi connectivity index (χ4v) is 3.22. The Kier molecular flexibility index (Phi) is 9.22. The van der Waals surface area contributed by atoms with E-state index in [1.807, 2.05) is 13.8 Å². The summed E-state index contributed by atoms with van der Waals surface area (Å²) >= 11 is 0. The van der Waals surface area contributed by atoms with Gasteiger partial charge in [-0.3, -0.25) is 4.98 Å². The summed E-state index contributed by atoms with van der Waals surface area (Å²) in [6.07, 6.45) is -0.844. The Balaban J connectivity index is 0.00000187. The van der Waals surface area contributed by atoms with Crippen molar-refractivity contribution >= 4 is 17.3 Å². The van der Waals surface area contributed by atoms with E-state index >= 15 is 0 Å². The molecule has 0 saturated carbocycles. The van der Waals surface area contributed by atoms with Crippen molar-refractivity contribution < 1.29 is 32.2 Å². The number of alkyl halides is 3. The Bertz CT molecular complexity index is 993. The van der Waals surface area contributed by atoms with Gasteiger partial charge in [0.1, 0.15) is 17.3 Å². The molecule has 1 aliphatic heterocycles. The predicted octanol–water partition coefficient (Wildman–Crippen LogP) is 5.31. The van der Waals surface area contributed by atoms with Crippen molar-refractivity contribution in [3.8, 4) is 5.75 Å². The number of nitrogens with zero attached hydrogens (tertiary/aromatic N) is 2. The Morgan fingerprint density at radius 1 is 1.27 bits per heavy atom. The smallest absolute Gasteiger partial charge is 0.406 e. The van der Waals surface area contributed by atoms with Crippen molar-refractivity contribution in [3.63, 3.8) is 0 Å². The molecule has 0 saturated heterocycles. The molecule has 3 rings (SSSR count). The minimum Gasteiger partial charge on any atom is -0.406 e. The summed E-state index contributed by atoms with van der Waals surface area (Å²) in [5.41, 5.74) is 2.06. The maximum Gasteiger partial charge on any atom is 0.573 e. The summed E-state index contributed by atoms with van der Waals surface area (Å²) in [6.45, 7) is 5.91. The monoisotopic (exact) mass is 469 g/mol. The number of carbonyl (C=O) groups excluding carboxylic acids is 1. The fourth-order valence-electron chi connectivity index (χ4n) is 3.22. The van der Waals surface area contributed by atoms with E-state index in [2.05, 4.69) is 15.0 Å². The number of rotatable bonds is 5. The van der Waals surface area contributed by atoms with Gasteiger partial charge in [0.15, 0.2) is 0 Å². The van der Waals surface area contributed by atoms with Crippen LogP contribution in [0.25, 0.3) is 5.57 Å². The molecule has 10 heteroatoms. The van der Waals surface area contributed by atoms with Crippen LogP contribution in [0.4, 0.5) is 28.0 Å². The van der Waals surface area contributed by atoms with Crippen molar-refractivity contribution in [3.05, 3.63) is 59.2 Å². The molecule has 0 unspecified atom stereocenters. The predicted molar refractivity (Wildman–Crippen MR) is 117 cm³/mol. The first-order valence-corrected chi connectivity index (χ1v) is 10.5. The molecule has 0 aliphatic carbocycles. The molecule has 0 atom stereocenters. The molecule has 1 aromatic carbocycles. The second kappa shape index (κ2) is 11.6. The van der Waals surface area contributed by atoms with Crippen LogP contribution in [0.3, 0.4) is 0 Å². The second-order valence-electron chi connectivity index (χ2n) is 7.03. The lowest BCUT2D eigenvalue weighted by Crippen LogP contribution is -2.38. The van der Waals surface area contributed by atoms with Crippen molar-refractivity contribution in [1.29, 1.82) is 0 Å². The maximum absolute atomic E-state index is 14.3. The number of carbonyl (C=O) groups is 1. The van der Waals surface area contributed by atoms with Gasteiger partial charge < -0.3 is 20.1 Å². The average Bonchev–Trinajstić information content (AvgIpc) is 2.77. The highest BCUT2D eigenvalue weighted by molar-refractivity contribution is 5.90. The molecule has 180 valence electrons. The van der Waals surface area contributed by atoms with Gasteiger partial charge in [-0.1, -0.05) is 19.9 Å². The van der Waals surface area contributed by atoms with Gasteiger partial charge in [0.05, 0.1) is 0 Å². The van der Waals surface area contributed by atoms with Gasteiger partial charge in [-0.05, 0) is 60.7 Å². The van der Waals surface area contributed by atoms with Gasteiger partial charge in [0.2, 0.25) is 0 Å². The van der Waals surface area contributed by atoms with Crippen LogP contribution in [0, 0.1) is 12.7 Å². The van der Waals surface area contributed by atoms with Crippen LogP contribution in [0.15, 0.2) is 36.5 Å². The lowest BCUT2D eigenvalue weighted by atomic mass is 10.0. The Morgan fingerprint density at radius 3 is 2.55 bits per heavy atom. The third-order valence-corrected chi connectivity index (χ3v) is 4.75. The largest absolute Gasteiger partial charge is 0.573 e. The number of halogens is 4. The summed E-state index contributed by atoms with van der Waals surface area (Å²) in [5.74, 6) is -0.817. The van der Waals surface area contributed by atoms with Crippen LogP contribution in [-0.2, 0) is 6.42 Å². The van der Waals surface area contributed by atoms with Gasteiger partial charge in [-0.15, -0.1) is 13.2 Å². The number of aliphatic hydroxyl groups excluding tert-OH is 1. The van der Waals surface area contributed by atoms with Crippen molar-refractivity contribution in [2.75, 3.05) is 25.0 Å². The number of amides is 2. The van der Waals surface area contributed by atoms with E-state index in [9.17, 15) is 22.4 Å². The van der Waals surface area contributed by atoms with Crippen LogP contribution in [-0.4, -0.2) is 47.1 Å². The number of aryl methyl sites for hydroxylation is 1. The number of ether oxygens (including phenoxy) is 1. The third kappa shape index (κ3) is 7.45. The highest BCUT2D eigenvalue weighted by Gasteiger charge is 2.31. The second-order valence-corrected chi connectivity index (χ2v) is 7.03. The summed E-state index contributed by atoms with van der Waals surface area (Å²) in [7, 11) is 0. The SMILES string of the molecule is CC.Cc1cc(NC(=O)N2CC=C(c3ncc(CCO)cc3F)CC2)ccc1OC(F)(F)F. The lowest BCUT2D eigenvalue weighted by molar-refractivity contribution is -0.274. The molecule has 0 spiro atoms. The molecular formula is C23H27F4N3O3. The molecule has 1 aromatic heterocycles. The van der Waals surface area contributed by atoms with Crippen molar-refractivity contribution in [1.82, 2.24) is 9.88 Å². The first-order chi connectivity index (χ1) is 15.7. The van der Waals surface area contributed by atoms with Crippen LogP contribution in [0.2, 0.25) is 0 Å². The quantitative estimate of drug-likeness (QED) is 0.582. The number of hydrogen-bond donors (Lipinski definition) is 2. The van der Waals surface area contributed by atoms with Crippen molar-refractivity contribution in [2.45, 2.75) is 40.0 Å². The van der Waals surface area contributed by atoms with Gasteiger partial charge in [0.25, 0.3) is 0 Å². The number of urea groups is 1. The molecule has 2 aromatic rings. The first-order valence-electron chi connectivity index (χ1n) is 10.5. The van der Waals surface area contributed by atoms with E-state index in [0.717, 1.165) is 6.07 Å². The molecule has 0 fully saturated rings. The van der Waals surface area contributed by atoms with E-state index < -0.39 is 18.2 Å². The van der Waals surface area contributed by atoms with E-state index in [0.29, 0.717) is 36.2 Å². The topological polar surface area (TPSA) is 74.7 Å². The number of nitrogens with one attached hydrogen (secondary N) is 1. The Labute approximate surface area is 189 Å². The average molecular weight is 469 g/mol. The molecular weight excluding hydrogens is 442 g/mol. The van der Waals surface area contributed by atoms with Crippen molar-refractivity contribution in [2.24, 2.45) is 0 Å². The van der Waals surface area contributed by atoms with Crippen LogP contribution < -0.4 is 10.1 Å². The minimum absolute atomic E-state index is 0.0924. The molecule has 33 heavy (non-hydrogen) atoms. The number of aromatic nitrogens is 1. The van der Waals surface area contributed by atoms with Gasteiger partial charge in [-0.25, -0.2) is 9.18 Å². The first kappa shape index (κ1) is 26.1. The van der Waals surface area contributed by atoms with Gasteiger partial charge >= 0.3 is 12.4 Å². The zero-order valence-corrected chi connectivity index (χ0v) is 18.7. The van der Waals surface area contributed by atoms with E-state index in [4.69, 9.17) is 5.11 Å². The number of aliphatic hydroxyl groups is 1. The molecule has 6 nitrogen and oxygen atoms in total. The fraction of sp³-hybridized carbons (Fsp3) is 0.391. The highest BCUT2D eigenvalue weighted by Crippen LogP contribution is 2.28. The molecule has 0 radical (unpaired) electrons. The third-order valence-electron chi connectivity index (χ3n) is 4.75. The molecule has 0 bridgehead atoms. The number of hydrogen-bond acceptors (Lipinski definition) is 4. The zero-order valence-electron chi connectivity index (χ0n) is 18.7. The maximum atomic E-state index is 14.3.